The van der Waals surface area contributed by atoms with Gasteiger partial charge in [0.25, 0.3) is 0 Å². The summed E-state index contributed by atoms with van der Waals surface area (Å²) < 4.78 is 9.90. The first kappa shape index (κ1) is 18.8. The molecule has 23 heavy (non-hydrogen) atoms. The Hall–Kier alpha value is -2.24. The van der Waals surface area contributed by atoms with Crippen LogP contribution in [0.25, 0.3) is 0 Å². The number of nitrogens with one attached hydrogen (secondary N) is 2. The number of rotatable bonds is 5. The molecule has 2 N–H and O–H groups in total. The van der Waals surface area contributed by atoms with Crippen LogP contribution in [-0.4, -0.2) is 31.4 Å². The number of benzene rings is 1. The highest BCUT2D eigenvalue weighted by molar-refractivity contribution is 5.68. The lowest BCUT2D eigenvalue weighted by Crippen LogP contribution is -2.40. The van der Waals surface area contributed by atoms with Crippen molar-refractivity contribution in [3.63, 3.8) is 0 Å². The monoisotopic (exact) mass is 322 g/mol. The van der Waals surface area contributed by atoms with Gasteiger partial charge < -0.3 is 20.1 Å². The van der Waals surface area contributed by atoms with E-state index in [1.165, 1.54) is 7.11 Å². The van der Waals surface area contributed by atoms with Gasteiger partial charge in [0.2, 0.25) is 0 Å². The Bertz CT molecular complexity index is 511. The second-order valence-corrected chi connectivity index (χ2v) is 6.38. The van der Waals surface area contributed by atoms with E-state index < -0.39 is 17.8 Å². The van der Waals surface area contributed by atoms with Crippen LogP contribution in [0.4, 0.5) is 9.59 Å². The summed E-state index contributed by atoms with van der Waals surface area (Å²) >= 11 is 0. The molecule has 0 spiro atoms. The van der Waals surface area contributed by atoms with Gasteiger partial charge in [0.1, 0.15) is 5.60 Å². The molecule has 6 nitrogen and oxygen atoms in total. The molecule has 0 bridgehead atoms. The minimum atomic E-state index is -0.571. The quantitative estimate of drug-likeness (QED) is 0.872. The summed E-state index contributed by atoms with van der Waals surface area (Å²) in [5, 5.41) is 5.53. The molecular weight excluding hydrogens is 296 g/mol. The van der Waals surface area contributed by atoms with Crippen LogP contribution < -0.4 is 10.6 Å². The van der Waals surface area contributed by atoms with Crippen LogP contribution in [0, 0.1) is 5.92 Å². The number of methoxy groups -OCH3 is 1. The van der Waals surface area contributed by atoms with Gasteiger partial charge in [0.15, 0.2) is 0 Å². The van der Waals surface area contributed by atoms with Gasteiger partial charge in [-0.3, -0.25) is 0 Å². The molecule has 1 aromatic rings. The van der Waals surface area contributed by atoms with Crippen molar-refractivity contribution in [3.05, 3.63) is 35.9 Å². The first-order valence-electron chi connectivity index (χ1n) is 7.59. The van der Waals surface area contributed by atoms with Crippen molar-refractivity contribution in [2.45, 2.75) is 39.3 Å². The van der Waals surface area contributed by atoms with Gasteiger partial charge in [-0.2, -0.15) is 0 Å². The smallest absolute Gasteiger partial charge is 0.408 e. The minimum absolute atomic E-state index is 0.0518. The topological polar surface area (TPSA) is 76.7 Å². The third-order valence-electron chi connectivity index (χ3n) is 3.15. The average molecular weight is 322 g/mol. The molecule has 6 heteroatoms. The molecule has 0 aliphatic rings. The van der Waals surface area contributed by atoms with E-state index in [0.717, 1.165) is 5.56 Å². The van der Waals surface area contributed by atoms with Gasteiger partial charge in [0.05, 0.1) is 13.2 Å². The Morgan fingerprint density at radius 2 is 1.74 bits per heavy atom. The third-order valence-corrected chi connectivity index (χ3v) is 3.15. The lowest BCUT2D eigenvalue weighted by Gasteiger charge is -2.28. The Morgan fingerprint density at radius 3 is 2.26 bits per heavy atom. The number of alkyl carbamates (subject to hydrolysis) is 2. The lowest BCUT2D eigenvalue weighted by atomic mass is 9.94. The molecule has 0 unspecified atom stereocenters. The van der Waals surface area contributed by atoms with Crippen molar-refractivity contribution < 1.29 is 19.1 Å². The minimum Gasteiger partial charge on any atom is -0.453 e. The summed E-state index contributed by atoms with van der Waals surface area (Å²) in [7, 11) is 1.31. The Morgan fingerprint density at radius 1 is 1.13 bits per heavy atom. The fourth-order valence-corrected chi connectivity index (χ4v) is 2.08. The molecule has 1 aromatic carbocycles. The molecule has 0 aliphatic heterocycles. The van der Waals surface area contributed by atoms with Crippen molar-refractivity contribution in [2.24, 2.45) is 5.92 Å². The standard InChI is InChI=1S/C17H26N2O4/c1-12(11-18-15(20)22-5)14(13-9-7-6-8-10-13)19-16(21)23-17(2,3)4/h6-10,12,14H,11H2,1-5H3,(H,18,20)(H,19,21)/t12-,14+/m1/s1. The van der Waals surface area contributed by atoms with Crippen molar-refractivity contribution in [2.75, 3.05) is 13.7 Å². The van der Waals surface area contributed by atoms with Crippen LogP contribution in [0.1, 0.15) is 39.3 Å². The van der Waals surface area contributed by atoms with Crippen molar-refractivity contribution in [1.29, 1.82) is 0 Å². The van der Waals surface area contributed by atoms with E-state index in [1.54, 1.807) is 0 Å². The molecule has 2 atom stereocenters. The maximum absolute atomic E-state index is 12.1. The van der Waals surface area contributed by atoms with Gasteiger partial charge in [-0.15, -0.1) is 0 Å². The van der Waals surface area contributed by atoms with Gasteiger partial charge in [0, 0.05) is 6.54 Å². The molecular formula is C17H26N2O4. The van der Waals surface area contributed by atoms with Crippen molar-refractivity contribution in [3.8, 4) is 0 Å². The summed E-state index contributed by atoms with van der Waals surface area (Å²) in [6.07, 6.45) is -0.989. The fourth-order valence-electron chi connectivity index (χ4n) is 2.08. The zero-order chi connectivity index (χ0) is 17.5. The van der Waals surface area contributed by atoms with E-state index in [2.05, 4.69) is 15.4 Å². The summed E-state index contributed by atoms with van der Waals surface area (Å²) in [6, 6.07) is 9.28. The molecule has 2 amide bonds. The van der Waals surface area contributed by atoms with Gasteiger partial charge >= 0.3 is 12.2 Å². The largest absolute Gasteiger partial charge is 0.453 e. The summed E-state index contributed by atoms with van der Waals surface area (Å²) in [5.74, 6) is -0.0518. The second-order valence-electron chi connectivity index (χ2n) is 6.38. The second kappa shape index (κ2) is 8.41. The highest BCUT2D eigenvalue weighted by atomic mass is 16.6. The number of hydrogen-bond acceptors (Lipinski definition) is 4. The van der Waals surface area contributed by atoms with E-state index in [9.17, 15) is 9.59 Å². The first-order valence-corrected chi connectivity index (χ1v) is 7.59. The number of carbonyl (C=O) groups excluding carboxylic acids is 2. The SMILES string of the molecule is COC(=O)NC[C@@H](C)[C@H](NC(=O)OC(C)(C)C)c1ccccc1. The van der Waals surface area contributed by atoms with Gasteiger partial charge in [-0.25, -0.2) is 9.59 Å². The van der Waals surface area contributed by atoms with Crippen molar-refractivity contribution in [1.82, 2.24) is 10.6 Å². The van der Waals surface area contributed by atoms with Crippen LogP contribution in [0.5, 0.6) is 0 Å². The van der Waals surface area contributed by atoms with Crippen LogP contribution >= 0.6 is 0 Å². The average Bonchev–Trinajstić information content (AvgIpc) is 2.49. The molecule has 0 radical (unpaired) electrons. The van der Waals surface area contributed by atoms with E-state index >= 15 is 0 Å². The molecule has 0 aromatic heterocycles. The molecule has 0 aliphatic carbocycles. The highest BCUT2D eigenvalue weighted by Crippen LogP contribution is 2.22. The predicted octanol–water partition coefficient (Wildman–Crippen LogP) is 3.24. The zero-order valence-corrected chi connectivity index (χ0v) is 14.4. The lowest BCUT2D eigenvalue weighted by molar-refractivity contribution is 0.0487. The number of carbonyl (C=O) groups is 2. The molecule has 1 rings (SSSR count). The molecule has 0 heterocycles. The van der Waals surface area contributed by atoms with E-state index in [0.29, 0.717) is 6.54 Å². The maximum Gasteiger partial charge on any atom is 0.408 e. The summed E-state index contributed by atoms with van der Waals surface area (Å²) in [4.78, 5) is 23.3. The molecule has 0 saturated carbocycles. The van der Waals surface area contributed by atoms with Gasteiger partial charge in [-0.1, -0.05) is 37.3 Å². The fraction of sp³-hybridized carbons (Fsp3) is 0.529. The maximum atomic E-state index is 12.1. The Kier molecular flexibility index (Phi) is 6.88. The first-order chi connectivity index (χ1) is 10.7. The van der Waals surface area contributed by atoms with Gasteiger partial charge in [-0.05, 0) is 32.3 Å². The Labute approximate surface area is 137 Å². The van der Waals surface area contributed by atoms with Crippen LogP contribution in [-0.2, 0) is 9.47 Å². The summed E-state index contributed by atoms with van der Waals surface area (Å²) in [6.45, 7) is 7.73. The van der Waals surface area contributed by atoms with Crippen molar-refractivity contribution >= 4 is 12.2 Å². The molecule has 128 valence electrons. The number of hydrogen-bond donors (Lipinski definition) is 2. The predicted molar refractivity (Wildman–Crippen MR) is 88.1 cm³/mol. The Balaban J connectivity index is 2.81. The zero-order valence-electron chi connectivity index (χ0n) is 14.4. The van der Waals surface area contributed by atoms with Crippen LogP contribution in [0.15, 0.2) is 30.3 Å². The number of ether oxygens (including phenoxy) is 2. The highest BCUT2D eigenvalue weighted by Gasteiger charge is 2.25. The van der Waals surface area contributed by atoms with Crippen LogP contribution in [0.3, 0.4) is 0 Å². The summed E-state index contributed by atoms with van der Waals surface area (Å²) in [5.41, 5.74) is 0.372. The van der Waals surface area contributed by atoms with Crippen LogP contribution in [0.2, 0.25) is 0 Å². The third kappa shape index (κ3) is 7.04. The molecule has 0 saturated heterocycles. The molecule has 0 fully saturated rings. The number of amides is 2. The normalized spacial score (nSPS) is 13.6. The van der Waals surface area contributed by atoms with E-state index in [4.69, 9.17) is 4.74 Å². The van der Waals surface area contributed by atoms with E-state index in [1.807, 2.05) is 58.0 Å². The van der Waals surface area contributed by atoms with E-state index in [-0.39, 0.29) is 12.0 Å².